The van der Waals surface area contributed by atoms with Crippen LogP contribution in [0.2, 0.25) is 5.02 Å². The lowest BCUT2D eigenvalue weighted by Gasteiger charge is -2.41. The van der Waals surface area contributed by atoms with Crippen LogP contribution in [-0.4, -0.2) is 63.8 Å². The third-order valence-electron chi connectivity index (χ3n) is 4.88. The van der Waals surface area contributed by atoms with Crippen LogP contribution in [0.1, 0.15) is 12.5 Å². The standard InChI is InChI=1S/C18H27ClN4O/c1-14-4-5-15(19)10-16(14)22-6-8-23(9-7-22)17(20-3)21-11-18(2)12-24-13-18/h4-5,10H,6-9,11-13H2,1-3H3,(H,20,21). The van der Waals surface area contributed by atoms with Gasteiger partial charge in [-0.1, -0.05) is 24.6 Å². The summed E-state index contributed by atoms with van der Waals surface area (Å²) in [6.07, 6.45) is 0. The molecule has 1 aromatic carbocycles. The summed E-state index contributed by atoms with van der Waals surface area (Å²) < 4.78 is 5.32. The molecule has 1 aromatic rings. The van der Waals surface area contributed by atoms with E-state index in [-0.39, 0.29) is 5.41 Å². The van der Waals surface area contributed by atoms with E-state index in [9.17, 15) is 0 Å². The first kappa shape index (κ1) is 17.4. The van der Waals surface area contributed by atoms with Gasteiger partial charge in [0, 0.05) is 55.9 Å². The Bertz CT molecular complexity index is 607. The van der Waals surface area contributed by atoms with Crippen molar-refractivity contribution in [2.24, 2.45) is 10.4 Å². The van der Waals surface area contributed by atoms with Gasteiger partial charge in [-0.25, -0.2) is 0 Å². The number of hydrogen-bond donors (Lipinski definition) is 1. The summed E-state index contributed by atoms with van der Waals surface area (Å²) in [5.74, 6) is 0.991. The van der Waals surface area contributed by atoms with Crippen molar-refractivity contribution < 1.29 is 4.74 Å². The molecule has 1 N–H and O–H groups in total. The third-order valence-corrected chi connectivity index (χ3v) is 5.11. The predicted octanol–water partition coefficient (Wildman–Crippen LogP) is 2.38. The second-order valence-corrected chi connectivity index (χ2v) is 7.55. The first-order valence-corrected chi connectivity index (χ1v) is 8.93. The molecule has 2 fully saturated rings. The number of guanidine groups is 1. The van der Waals surface area contributed by atoms with E-state index in [2.05, 4.69) is 46.1 Å². The van der Waals surface area contributed by atoms with E-state index in [1.807, 2.05) is 13.1 Å². The number of benzene rings is 1. The molecule has 24 heavy (non-hydrogen) atoms. The summed E-state index contributed by atoms with van der Waals surface area (Å²) in [6.45, 7) is 10.8. The lowest BCUT2D eigenvalue weighted by Crippen LogP contribution is -2.56. The summed E-state index contributed by atoms with van der Waals surface area (Å²) in [7, 11) is 1.86. The highest BCUT2D eigenvalue weighted by molar-refractivity contribution is 6.30. The quantitative estimate of drug-likeness (QED) is 0.671. The van der Waals surface area contributed by atoms with E-state index in [0.29, 0.717) is 0 Å². The van der Waals surface area contributed by atoms with E-state index in [1.165, 1.54) is 11.3 Å². The Kier molecular flexibility index (Phi) is 5.21. The average Bonchev–Trinajstić information content (AvgIpc) is 2.56. The van der Waals surface area contributed by atoms with Crippen LogP contribution in [0.5, 0.6) is 0 Å². The predicted molar refractivity (Wildman–Crippen MR) is 100 cm³/mol. The summed E-state index contributed by atoms with van der Waals surface area (Å²) >= 11 is 6.16. The maximum absolute atomic E-state index is 6.16. The summed E-state index contributed by atoms with van der Waals surface area (Å²) in [6, 6.07) is 6.11. The number of piperazine rings is 1. The van der Waals surface area contributed by atoms with E-state index in [1.54, 1.807) is 0 Å². The molecule has 0 aromatic heterocycles. The third kappa shape index (κ3) is 3.78. The highest BCUT2D eigenvalue weighted by atomic mass is 35.5. The van der Waals surface area contributed by atoms with Gasteiger partial charge < -0.3 is 19.9 Å². The first-order valence-electron chi connectivity index (χ1n) is 8.55. The van der Waals surface area contributed by atoms with Crippen LogP contribution in [0.15, 0.2) is 23.2 Å². The molecule has 132 valence electrons. The van der Waals surface area contributed by atoms with Crippen molar-refractivity contribution in [2.75, 3.05) is 57.9 Å². The Labute approximate surface area is 149 Å². The molecule has 0 amide bonds. The number of anilines is 1. The molecule has 0 saturated carbocycles. The molecule has 5 nitrogen and oxygen atoms in total. The minimum absolute atomic E-state index is 0.246. The fourth-order valence-corrected chi connectivity index (χ4v) is 3.43. The van der Waals surface area contributed by atoms with Crippen LogP contribution in [0.3, 0.4) is 0 Å². The number of rotatable bonds is 3. The first-order chi connectivity index (χ1) is 11.5. The molecule has 2 saturated heterocycles. The van der Waals surface area contributed by atoms with Gasteiger partial charge in [0.2, 0.25) is 0 Å². The molecule has 0 spiro atoms. The van der Waals surface area contributed by atoms with Crippen LogP contribution in [0.4, 0.5) is 5.69 Å². The smallest absolute Gasteiger partial charge is 0.193 e. The molecule has 0 unspecified atom stereocenters. The maximum atomic E-state index is 6.16. The van der Waals surface area contributed by atoms with E-state index in [4.69, 9.17) is 16.3 Å². The van der Waals surface area contributed by atoms with Gasteiger partial charge in [0.15, 0.2) is 5.96 Å². The molecular formula is C18H27ClN4O. The maximum Gasteiger partial charge on any atom is 0.193 e. The molecule has 3 rings (SSSR count). The van der Waals surface area contributed by atoms with Crippen LogP contribution in [0.25, 0.3) is 0 Å². The fraction of sp³-hybridized carbons (Fsp3) is 0.611. The minimum Gasteiger partial charge on any atom is -0.380 e. The molecule has 0 bridgehead atoms. The molecular weight excluding hydrogens is 324 g/mol. The number of nitrogens with zero attached hydrogens (tertiary/aromatic N) is 3. The van der Waals surface area contributed by atoms with Crippen molar-refractivity contribution in [2.45, 2.75) is 13.8 Å². The Balaban J connectivity index is 1.56. The minimum atomic E-state index is 0.246. The summed E-state index contributed by atoms with van der Waals surface area (Å²) in [5.41, 5.74) is 2.76. The van der Waals surface area contributed by atoms with Gasteiger partial charge >= 0.3 is 0 Å². The van der Waals surface area contributed by atoms with E-state index >= 15 is 0 Å². The second-order valence-electron chi connectivity index (χ2n) is 7.11. The zero-order valence-electron chi connectivity index (χ0n) is 14.8. The molecule has 2 heterocycles. The number of nitrogens with one attached hydrogen (secondary N) is 1. The fourth-order valence-electron chi connectivity index (χ4n) is 3.26. The zero-order valence-corrected chi connectivity index (χ0v) is 15.6. The largest absolute Gasteiger partial charge is 0.380 e. The normalized spacial score (nSPS) is 20.8. The number of ether oxygens (including phenoxy) is 1. The topological polar surface area (TPSA) is 40.1 Å². The number of aryl methyl sites for hydroxylation is 1. The highest BCUT2D eigenvalue weighted by Gasteiger charge is 2.33. The van der Waals surface area contributed by atoms with Crippen molar-refractivity contribution in [3.05, 3.63) is 28.8 Å². The molecule has 0 atom stereocenters. The molecule has 0 radical (unpaired) electrons. The Morgan fingerprint density at radius 1 is 1.29 bits per heavy atom. The Hall–Kier alpha value is -1.46. The van der Waals surface area contributed by atoms with E-state index < -0.39 is 0 Å². The number of aliphatic imine (C=N–C) groups is 1. The average molecular weight is 351 g/mol. The van der Waals surface area contributed by atoms with Gasteiger partial charge in [0.05, 0.1) is 13.2 Å². The van der Waals surface area contributed by atoms with Gasteiger partial charge in [-0.05, 0) is 24.6 Å². The zero-order chi connectivity index (χ0) is 17.2. The van der Waals surface area contributed by atoms with Gasteiger partial charge in [-0.3, -0.25) is 4.99 Å². The summed E-state index contributed by atoms with van der Waals surface area (Å²) in [5, 5.41) is 4.31. The monoisotopic (exact) mass is 350 g/mol. The van der Waals surface area contributed by atoms with Crippen molar-refractivity contribution in [1.82, 2.24) is 10.2 Å². The molecule has 0 aliphatic carbocycles. The van der Waals surface area contributed by atoms with Crippen molar-refractivity contribution in [1.29, 1.82) is 0 Å². The van der Waals surface area contributed by atoms with Crippen LogP contribution < -0.4 is 10.2 Å². The van der Waals surface area contributed by atoms with Gasteiger partial charge in [0.25, 0.3) is 0 Å². The number of halogens is 1. The Morgan fingerprint density at radius 3 is 2.58 bits per heavy atom. The second kappa shape index (κ2) is 7.19. The van der Waals surface area contributed by atoms with Gasteiger partial charge in [0.1, 0.15) is 0 Å². The summed E-state index contributed by atoms with van der Waals surface area (Å²) in [4.78, 5) is 9.20. The molecule has 2 aliphatic rings. The van der Waals surface area contributed by atoms with Crippen molar-refractivity contribution in [3.8, 4) is 0 Å². The van der Waals surface area contributed by atoms with Crippen molar-refractivity contribution in [3.63, 3.8) is 0 Å². The number of hydrogen-bond acceptors (Lipinski definition) is 3. The molecule has 2 aliphatic heterocycles. The highest BCUT2D eigenvalue weighted by Crippen LogP contribution is 2.26. The lowest BCUT2D eigenvalue weighted by atomic mass is 9.89. The lowest BCUT2D eigenvalue weighted by molar-refractivity contribution is -0.0972. The van der Waals surface area contributed by atoms with Crippen molar-refractivity contribution >= 4 is 23.2 Å². The van der Waals surface area contributed by atoms with Crippen LogP contribution in [0, 0.1) is 12.3 Å². The van der Waals surface area contributed by atoms with Crippen LogP contribution >= 0.6 is 11.6 Å². The van der Waals surface area contributed by atoms with Gasteiger partial charge in [-0.2, -0.15) is 0 Å². The van der Waals surface area contributed by atoms with Gasteiger partial charge in [-0.15, -0.1) is 0 Å². The Morgan fingerprint density at radius 2 is 2.00 bits per heavy atom. The van der Waals surface area contributed by atoms with E-state index in [0.717, 1.165) is 56.9 Å². The van der Waals surface area contributed by atoms with Crippen LogP contribution in [-0.2, 0) is 4.74 Å². The molecule has 6 heteroatoms. The SMILES string of the molecule is CN=C(NCC1(C)COC1)N1CCN(c2cc(Cl)ccc2C)CC1.